The summed E-state index contributed by atoms with van der Waals surface area (Å²) in [5, 5.41) is 0.525. The predicted molar refractivity (Wildman–Crippen MR) is 105 cm³/mol. The van der Waals surface area contributed by atoms with E-state index in [9.17, 15) is 4.79 Å². The van der Waals surface area contributed by atoms with Gasteiger partial charge in [-0.3, -0.25) is 9.69 Å². The highest BCUT2D eigenvalue weighted by Crippen LogP contribution is 2.29. The van der Waals surface area contributed by atoms with Gasteiger partial charge in [0.25, 0.3) is 0 Å². The van der Waals surface area contributed by atoms with E-state index in [0.717, 1.165) is 43.0 Å². The van der Waals surface area contributed by atoms with Gasteiger partial charge in [0.05, 0.1) is 24.0 Å². The number of imidazole rings is 1. The minimum Gasteiger partial charge on any atom is -0.457 e. The van der Waals surface area contributed by atoms with Crippen LogP contribution in [0, 0.1) is 0 Å². The maximum Gasteiger partial charge on any atom is 0.153 e. The summed E-state index contributed by atoms with van der Waals surface area (Å²) in [5.41, 5.74) is 2.59. The molecule has 0 atom stereocenters. The Bertz CT molecular complexity index is 962. The smallest absolute Gasteiger partial charge is 0.153 e. The molecule has 1 aliphatic rings. The lowest BCUT2D eigenvalue weighted by atomic mass is 10.1. The summed E-state index contributed by atoms with van der Waals surface area (Å²) in [6, 6.07) is 12.7. The fourth-order valence-corrected chi connectivity index (χ4v) is 3.28. The standard InChI is InChI=1S/C21H20ClN3O2/c1-24-19(12-23-21(24)13-25-9-2-10-25)15-4-7-18(8-5-15)27-20-11-17(22)6-3-16(20)14-26/h3-8,11-12,14H,2,9-10,13H2,1H3. The normalized spacial score (nSPS) is 14.0. The lowest BCUT2D eigenvalue weighted by Crippen LogP contribution is -2.37. The molecule has 0 radical (unpaired) electrons. The largest absolute Gasteiger partial charge is 0.457 e. The molecule has 0 unspecified atom stereocenters. The average Bonchev–Trinajstić information content (AvgIpc) is 3.00. The Hall–Kier alpha value is -2.63. The third-order valence-electron chi connectivity index (χ3n) is 4.88. The highest BCUT2D eigenvalue weighted by molar-refractivity contribution is 6.30. The minimum atomic E-state index is 0.447. The molecule has 6 heteroatoms. The number of likely N-dealkylation sites (tertiary alicyclic amines) is 1. The number of hydrogen-bond acceptors (Lipinski definition) is 4. The van der Waals surface area contributed by atoms with E-state index in [2.05, 4.69) is 14.5 Å². The molecular weight excluding hydrogens is 362 g/mol. The zero-order valence-corrected chi connectivity index (χ0v) is 15.8. The molecule has 3 aromatic rings. The summed E-state index contributed by atoms with van der Waals surface area (Å²) in [5.74, 6) is 2.16. The van der Waals surface area contributed by atoms with Gasteiger partial charge in [-0.1, -0.05) is 11.6 Å². The first kappa shape index (κ1) is 17.8. The molecule has 1 saturated heterocycles. The third-order valence-corrected chi connectivity index (χ3v) is 5.11. The number of ether oxygens (including phenoxy) is 1. The van der Waals surface area contributed by atoms with Crippen molar-refractivity contribution in [3.05, 3.63) is 65.1 Å². The van der Waals surface area contributed by atoms with Gasteiger partial charge in [-0.2, -0.15) is 0 Å². The van der Waals surface area contributed by atoms with Crippen LogP contribution in [0.5, 0.6) is 11.5 Å². The fourth-order valence-electron chi connectivity index (χ4n) is 3.12. The van der Waals surface area contributed by atoms with E-state index in [-0.39, 0.29) is 0 Å². The molecule has 5 nitrogen and oxygen atoms in total. The molecule has 27 heavy (non-hydrogen) atoms. The van der Waals surface area contributed by atoms with Gasteiger partial charge in [0, 0.05) is 23.7 Å². The van der Waals surface area contributed by atoms with Crippen LogP contribution in [0.4, 0.5) is 0 Å². The predicted octanol–water partition coefficient (Wildman–Crippen LogP) is 4.55. The van der Waals surface area contributed by atoms with Crippen molar-refractivity contribution in [1.29, 1.82) is 0 Å². The third kappa shape index (κ3) is 3.75. The van der Waals surface area contributed by atoms with E-state index >= 15 is 0 Å². The van der Waals surface area contributed by atoms with Crippen LogP contribution in [0.15, 0.2) is 48.7 Å². The zero-order chi connectivity index (χ0) is 18.8. The number of hydrogen-bond donors (Lipinski definition) is 0. The first-order valence-electron chi connectivity index (χ1n) is 8.90. The number of rotatable bonds is 6. The van der Waals surface area contributed by atoms with Crippen LogP contribution >= 0.6 is 11.6 Å². The maximum atomic E-state index is 11.2. The van der Waals surface area contributed by atoms with E-state index in [4.69, 9.17) is 16.3 Å². The van der Waals surface area contributed by atoms with Gasteiger partial charge in [-0.25, -0.2) is 4.98 Å². The van der Waals surface area contributed by atoms with Gasteiger partial charge in [0.1, 0.15) is 17.3 Å². The first-order valence-corrected chi connectivity index (χ1v) is 9.28. The van der Waals surface area contributed by atoms with Crippen molar-refractivity contribution in [3.8, 4) is 22.8 Å². The summed E-state index contributed by atoms with van der Waals surface area (Å²) in [6.07, 6.45) is 3.94. The average molecular weight is 382 g/mol. The monoisotopic (exact) mass is 381 g/mol. The number of halogens is 1. The van der Waals surface area contributed by atoms with Crippen molar-refractivity contribution in [2.75, 3.05) is 13.1 Å². The van der Waals surface area contributed by atoms with E-state index < -0.39 is 0 Å². The molecule has 0 amide bonds. The highest BCUT2D eigenvalue weighted by Gasteiger charge is 2.17. The van der Waals surface area contributed by atoms with E-state index in [1.807, 2.05) is 37.5 Å². The molecule has 0 aliphatic carbocycles. The van der Waals surface area contributed by atoms with Gasteiger partial charge in [0.2, 0.25) is 0 Å². The van der Waals surface area contributed by atoms with Crippen LogP contribution in [-0.4, -0.2) is 33.8 Å². The molecule has 0 saturated carbocycles. The maximum absolute atomic E-state index is 11.2. The van der Waals surface area contributed by atoms with Gasteiger partial charge >= 0.3 is 0 Å². The van der Waals surface area contributed by atoms with Gasteiger partial charge in [-0.05, 0) is 55.9 Å². The van der Waals surface area contributed by atoms with Gasteiger partial charge in [-0.15, -0.1) is 0 Å². The van der Waals surface area contributed by atoms with Crippen molar-refractivity contribution in [2.45, 2.75) is 13.0 Å². The number of benzene rings is 2. The van der Waals surface area contributed by atoms with Crippen LogP contribution in [0.2, 0.25) is 5.02 Å². The van der Waals surface area contributed by atoms with Crippen molar-refractivity contribution < 1.29 is 9.53 Å². The van der Waals surface area contributed by atoms with Crippen molar-refractivity contribution in [1.82, 2.24) is 14.5 Å². The van der Waals surface area contributed by atoms with Crippen LogP contribution in [0.3, 0.4) is 0 Å². The summed E-state index contributed by atoms with van der Waals surface area (Å²) >= 11 is 6.01. The summed E-state index contributed by atoms with van der Waals surface area (Å²) in [4.78, 5) is 18.1. The van der Waals surface area contributed by atoms with Crippen LogP contribution in [0.1, 0.15) is 22.6 Å². The molecule has 2 heterocycles. The van der Waals surface area contributed by atoms with Crippen molar-refractivity contribution in [2.24, 2.45) is 7.05 Å². The number of carbonyl (C=O) groups is 1. The SMILES string of the molecule is Cn1c(-c2ccc(Oc3cc(Cl)ccc3C=O)cc2)cnc1CN1CCC1. The van der Waals surface area contributed by atoms with E-state index in [1.165, 1.54) is 6.42 Å². The minimum absolute atomic E-state index is 0.447. The molecular formula is C21H20ClN3O2. The van der Waals surface area contributed by atoms with Gasteiger partial charge in [0.15, 0.2) is 6.29 Å². The van der Waals surface area contributed by atoms with Crippen molar-refractivity contribution >= 4 is 17.9 Å². The topological polar surface area (TPSA) is 47.4 Å². The highest BCUT2D eigenvalue weighted by atomic mass is 35.5. The second kappa shape index (κ2) is 7.55. The number of aldehydes is 1. The molecule has 1 aromatic heterocycles. The summed E-state index contributed by atoms with van der Waals surface area (Å²) < 4.78 is 7.97. The Balaban J connectivity index is 1.52. The van der Waals surface area contributed by atoms with E-state index in [0.29, 0.717) is 22.1 Å². The number of aromatic nitrogens is 2. The molecule has 0 spiro atoms. The quantitative estimate of drug-likeness (QED) is 0.587. The van der Waals surface area contributed by atoms with Gasteiger partial charge < -0.3 is 9.30 Å². The Morgan fingerprint density at radius 3 is 2.63 bits per heavy atom. The molecule has 1 aliphatic heterocycles. The molecule has 4 rings (SSSR count). The molecule has 1 fully saturated rings. The molecule has 138 valence electrons. The lowest BCUT2D eigenvalue weighted by Gasteiger charge is -2.30. The van der Waals surface area contributed by atoms with Crippen LogP contribution < -0.4 is 4.74 Å². The second-order valence-corrected chi connectivity index (χ2v) is 7.11. The fraction of sp³-hybridized carbons (Fsp3) is 0.238. The Kier molecular flexibility index (Phi) is 4.97. The Labute approximate surface area is 163 Å². The van der Waals surface area contributed by atoms with E-state index in [1.54, 1.807) is 18.2 Å². The molecule has 2 aromatic carbocycles. The molecule has 0 bridgehead atoms. The Morgan fingerprint density at radius 1 is 1.19 bits per heavy atom. The first-order chi connectivity index (χ1) is 13.1. The van der Waals surface area contributed by atoms with Crippen LogP contribution in [0.25, 0.3) is 11.3 Å². The molecule has 0 N–H and O–H groups in total. The lowest BCUT2D eigenvalue weighted by molar-refractivity contribution is 0.112. The Morgan fingerprint density at radius 2 is 1.96 bits per heavy atom. The summed E-state index contributed by atoms with van der Waals surface area (Å²) in [6.45, 7) is 3.20. The second-order valence-electron chi connectivity index (χ2n) is 6.67. The van der Waals surface area contributed by atoms with Crippen LogP contribution in [-0.2, 0) is 13.6 Å². The zero-order valence-electron chi connectivity index (χ0n) is 15.1. The number of carbonyl (C=O) groups excluding carboxylic acids is 1. The number of nitrogens with zero attached hydrogens (tertiary/aromatic N) is 3. The summed E-state index contributed by atoms with van der Waals surface area (Å²) in [7, 11) is 2.05. The van der Waals surface area contributed by atoms with Crippen molar-refractivity contribution in [3.63, 3.8) is 0 Å².